The Morgan fingerprint density at radius 2 is 1.98 bits per heavy atom. The molecule has 0 bridgehead atoms. The van der Waals surface area contributed by atoms with E-state index >= 15 is 0 Å². The van der Waals surface area contributed by atoms with E-state index in [9.17, 15) is 18.4 Å². The second-order valence-corrected chi connectivity index (χ2v) is 10.6. The van der Waals surface area contributed by atoms with Gasteiger partial charge in [0.25, 0.3) is 5.82 Å². The number of rotatable bonds is 10. The molecule has 44 heavy (non-hydrogen) atoms. The maximum atomic E-state index is 13.5. The Kier molecular flexibility index (Phi) is 11.1. The molecule has 1 aromatic heterocycles. The van der Waals surface area contributed by atoms with Gasteiger partial charge < -0.3 is 10.2 Å². The minimum absolute atomic E-state index is 0.0669. The van der Waals surface area contributed by atoms with Gasteiger partial charge in [-0.15, -0.1) is 0 Å². The van der Waals surface area contributed by atoms with E-state index in [1.54, 1.807) is 83.1 Å². The summed E-state index contributed by atoms with van der Waals surface area (Å²) in [4.78, 5) is 13.1. The highest BCUT2D eigenvalue weighted by Crippen LogP contribution is 2.44. The number of anilines is 2. The zero-order chi connectivity index (χ0) is 32.0. The van der Waals surface area contributed by atoms with Crippen LogP contribution in [0.2, 0.25) is 10.0 Å². The summed E-state index contributed by atoms with van der Waals surface area (Å²) in [6.45, 7) is 4.58. The van der Waals surface area contributed by atoms with Crippen LogP contribution in [0.5, 0.6) is 0 Å². The third-order valence-electron chi connectivity index (χ3n) is 6.43. The molecule has 0 spiro atoms. The lowest BCUT2D eigenvalue weighted by atomic mass is 10.1. The smallest absolute Gasteiger partial charge is 0.426 e. The van der Waals surface area contributed by atoms with E-state index in [2.05, 4.69) is 27.2 Å². The fraction of sp³-hybridized carbons (Fsp3) is 0.207. The molecule has 0 atom stereocenters. The summed E-state index contributed by atoms with van der Waals surface area (Å²) in [6.07, 6.45) is 3.93. The Hall–Kier alpha value is -3.45. The average molecular weight is 670 g/mol. The number of aromatic nitrogens is 2. The van der Waals surface area contributed by atoms with Crippen molar-refractivity contribution < 1.29 is 42.1 Å². The Labute approximate surface area is 265 Å². The van der Waals surface area contributed by atoms with Gasteiger partial charge in [0.05, 0.1) is 25.5 Å². The van der Waals surface area contributed by atoms with E-state index in [0.29, 0.717) is 67.3 Å². The van der Waals surface area contributed by atoms with Gasteiger partial charge in [-0.05, 0) is 37.3 Å². The minimum atomic E-state index is -4.45. The van der Waals surface area contributed by atoms with Crippen molar-refractivity contribution >= 4 is 63.7 Å². The van der Waals surface area contributed by atoms with E-state index in [4.69, 9.17) is 33.0 Å². The molecule has 0 aliphatic carbocycles. The first kappa shape index (κ1) is 33.4. The normalized spacial score (nSPS) is 14.6. The maximum absolute atomic E-state index is 13.5. The third-order valence-corrected chi connectivity index (χ3v) is 7.32. The van der Waals surface area contributed by atoms with E-state index in [-0.39, 0.29) is 6.61 Å². The van der Waals surface area contributed by atoms with Crippen molar-refractivity contribution in [3.05, 3.63) is 94.2 Å². The molecule has 0 unspecified atom stereocenters. The van der Waals surface area contributed by atoms with Crippen LogP contribution in [-0.2, 0) is 39.3 Å². The number of imidazole rings is 1. The minimum Gasteiger partial charge on any atom is -0.691 e. The quantitative estimate of drug-likeness (QED) is 0.0463. The van der Waals surface area contributed by atoms with Crippen LogP contribution in [0.3, 0.4) is 0 Å². The summed E-state index contributed by atoms with van der Waals surface area (Å²) in [5.74, 6) is 0.859. The topological polar surface area (TPSA) is 75.3 Å². The van der Waals surface area contributed by atoms with E-state index < -0.39 is 12.7 Å². The molecule has 0 amide bonds. The lowest BCUT2D eigenvalue weighted by Crippen LogP contribution is -2.32. The predicted molar refractivity (Wildman–Crippen MR) is 161 cm³/mol. The number of fused-ring (bicyclic) bond motifs is 2. The molecular weight excluding hydrogens is 644 g/mol. The molecule has 4 rings (SSSR count). The van der Waals surface area contributed by atoms with Gasteiger partial charge in [-0.25, -0.2) is 18.9 Å². The van der Waals surface area contributed by atoms with E-state index in [0.717, 1.165) is 0 Å². The largest absolute Gasteiger partial charge is 0.691 e. The maximum Gasteiger partial charge on any atom is 0.426 e. The van der Waals surface area contributed by atoms with Crippen molar-refractivity contribution in [1.82, 2.24) is 4.57 Å². The number of allylic oxidation sites excluding steroid dienone is 4. The number of alkyl halides is 3. The molecule has 0 saturated heterocycles. The Bertz CT molecular complexity index is 1710. The molecule has 0 fully saturated rings. The van der Waals surface area contributed by atoms with Crippen LogP contribution in [0.4, 0.5) is 24.5 Å². The average Bonchev–Trinajstić information content (AvgIpc) is 3.39. The highest BCUT2D eigenvalue weighted by atomic mass is 35.5. The predicted octanol–water partition coefficient (Wildman–Crippen LogP) is 6.47. The first-order valence-corrected chi connectivity index (χ1v) is 14.1. The van der Waals surface area contributed by atoms with Gasteiger partial charge >= 0.3 is 6.18 Å². The zero-order valence-corrected chi connectivity index (χ0v) is 25.9. The standard InChI is InChI=1S/C29H25Cl2F3N4O5S/c1-5-36-26-16-22(31)20(17-41-40-4)14-24(26)37(12-13-44-43-42-39)28(36)11-7-19(2)6-10-27-35(3)23-9-8-21(30)15-25(23)38(27)18-29(32,33)34/h5-11,14-16H,1,17-18H2,2-4H3. The van der Waals surface area contributed by atoms with Crippen molar-refractivity contribution in [2.45, 2.75) is 26.3 Å². The highest BCUT2D eigenvalue weighted by molar-refractivity contribution is 7.99. The number of hydrogen-bond donors (Lipinski definition) is 0. The monoisotopic (exact) mass is 668 g/mol. The van der Waals surface area contributed by atoms with Crippen molar-refractivity contribution in [2.75, 3.05) is 16.9 Å². The Morgan fingerprint density at radius 3 is 2.66 bits per heavy atom. The van der Waals surface area contributed by atoms with Gasteiger partial charge in [-0.2, -0.15) is 17.5 Å². The lowest BCUT2D eigenvalue weighted by molar-refractivity contribution is -0.776. The van der Waals surface area contributed by atoms with Crippen molar-refractivity contribution in [3.63, 3.8) is 0 Å². The molecule has 15 heteroatoms. The second kappa shape index (κ2) is 14.6. The number of aryl methyl sites for hydroxylation is 1. The molecule has 2 heterocycles. The van der Waals surface area contributed by atoms with Crippen molar-refractivity contribution in [1.29, 1.82) is 0 Å². The second-order valence-electron chi connectivity index (χ2n) is 9.20. The molecular formula is C29H25Cl2F3N4O5S. The molecule has 232 valence electrons. The van der Waals surface area contributed by atoms with E-state index in [1.165, 1.54) is 17.7 Å². The fourth-order valence-electron chi connectivity index (χ4n) is 4.55. The van der Waals surface area contributed by atoms with Crippen LogP contribution in [0, 0.1) is 11.3 Å². The van der Waals surface area contributed by atoms with Gasteiger partial charge in [0.15, 0.2) is 17.6 Å². The summed E-state index contributed by atoms with van der Waals surface area (Å²) < 4.78 is 47.7. The number of nitrogens with zero attached hydrogens (tertiary/aromatic N) is 4. The summed E-state index contributed by atoms with van der Waals surface area (Å²) in [5, 5.41) is 16.9. The van der Waals surface area contributed by atoms with Gasteiger partial charge in [0.2, 0.25) is 0 Å². The molecule has 1 aliphatic heterocycles. The molecule has 2 aromatic carbocycles. The van der Waals surface area contributed by atoms with Crippen molar-refractivity contribution in [3.8, 4) is 11.3 Å². The molecule has 1 aliphatic rings. The highest BCUT2D eigenvalue weighted by Gasteiger charge is 2.35. The summed E-state index contributed by atoms with van der Waals surface area (Å²) >= 11 is 13.1. The van der Waals surface area contributed by atoms with Crippen LogP contribution in [0.1, 0.15) is 18.3 Å². The first-order chi connectivity index (χ1) is 21.0. The summed E-state index contributed by atoms with van der Waals surface area (Å²) in [5.41, 5.74) is 3.56. The summed E-state index contributed by atoms with van der Waals surface area (Å²) in [6, 6.07) is 11.2. The summed E-state index contributed by atoms with van der Waals surface area (Å²) in [7, 11) is 3.07. The first-order valence-electron chi connectivity index (χ1n) is 12.6. The zero-order valence-electron chi connectivity index (χ0n) is 23.5. The van der Waals surface area contributed by atoms with Crippen LogP contribution in [0.25, 0.3) is 17.1 Å². The number of hydrogen-bond acceptors (Lipinski definition) is 8. The van der Waals surface area contributed by atoms with Crippen LogP contribution in [-0.4, -0.2) is 17.9 Å². The third kappa shape index (κ3) is 7.60. The lowest BCUT2D eigenvalue weighted by Gasteiger charge is -2.17. The molecule has 9 nitrogen and oxygen atoms in total. The Morgan fingerprint density at radius 1 is 1.20 bits per heavy atom. The molecule has 0 saturated carbocycles. The Balaban J connectivity index is 1.74. The van der Waals surface area contributed by atoms with Crippen LogP contribution in [0.15, 0.2) is 72.7 Å². The van der Waals surface area contributed by atoms with Gasteiger partial charge in [0, 0.05) is 45.2 Å². The van der Waals surface area contributed by atoms with Crippen LogP contribution < -0.4 is 19.6 Å². The molecule has 0 radical (unpaired) electrons. The molecule has 3 aromatic rings. The van der Waals surface area contributed by atoms with Gasteiger partial charge in [-0.3, -0.25) is 9.94 Å². The number of halogens is 5. The van der Waals surface area contributed by atoms with Crippen molar-refractivity contribution in [2.24, 2.45) is 7.05 Å². The SMILES string of the molecule is C=CN1\C(=C/C=C(C)/C=C/c2n(CC(F)(F)F)c3cc(Cl)ccc3[n+]2C)N(C#CSOO[O-])c2cc(COOC)c(Cl)cc21. The van der Waals surface area contributed by atoms with Gasteiger partial charge in [-0.1, -0.05) is 47.5 Å². The van der Waals surface area contributed by atoms with Gasteiger partial charge in [0.1, 0.15) is 24.5 Å². The molecule has 0 N–H and O–H groups in total. The number of benzene rings is 2. The van der Waals surface area contributed by atoms with Crippen LogP contribution >= 0.6 is 35.2 Å². The van der Waals surface area contributed by atoms with E-state index in [1.807, 2.05) is 0 Å². The fourth-order valence-corrected chi connectivity index (χ4v) is 5.12.